The molecule has 0 spiro atoms. The van der Waals surface area contributed by atoms with Gasteiger partial charge in [-0.1, -0.05) is 26.2 Å². The Balaban J connectivity index is 2.56. The van der Waals surface area contributed by atoms with Crippen LogP contribution in [-0.2, 0) is 25.5 Å². The number of methoxy groups -OCH3 is 1. The fraction of sp³-hybridized carbons (Fsp3) is 0.625. The standard InChI is InChI=1S/C24H36O6/c1-5-6-8-11-21(27)12-9-7-10-13-22(29-18(2)25)14-20-15-23(28-4)17-24(16-20)30-19(3)26/h15-17,22H,5-14H2,1-4H3/t22-/m1/s1. The van der Waals surface area contributed by atoms with Gasteiger partial charge >= 0.3 is 11.9 Å². The molecule has 0 aliphatic carbocycles. The van der Waals surface area contributed by atoms with Gasteiger partial charge in [0.05, 0.1) is 7.11 Å². The third-order valence-electron chi connectivity index (χ3n) is 4.77. The second-order valence-electron chi connectivity index (χ2n) is 7.64. The normalized spacial score (nSPS) is 11.6. The molecule has 0 saturated heterocycles. The Bertz CT molecular complexity index is 682. The van der Waals surface area contributed by atoms with Crippen LogP contribution >= 0.6 is 0 Å². The molecule has 0 radical (unpaired) electrons. The maximum atomic E-state index is 11.9. The third-order valence-corrected chi connectivity index (χ3v) is 4.77. The van der Waals surface area contributed by atoms with Crippen LogP contribution in [0.2, 0.25) is 0 Å². The summed E-state index contributed by atoms with van der Waals surface area (Å²) in [6.45, 7) is 4.87. The van der Waals surface area contributed by atoms with E-state index >= 15 is 0 Å². The van der Waals surface area contributed by atoms with E-state index in [-0.39, 0.29) is 12.1 Å². The fourth-order valence-electron chi connectivity index (χ4n) is 3.36. The molecular weight excluding hydrogens is 384 g/mol. The number of esters is 2. The van der Waals surface area contributed by atoms with Gasteiger partial charge in [0.15, 0.2) is 0 Å². The van der Waals surface area contributed by atoms with E-state index in [9.17, 15) is 14.4 Å². The van der Waals surface area contributed by atoms with E-state index in [1.165, 1.54) is 13.8 Å². The number of benzene rings is 1. The van der Waals surface area contributed by atoms with E-state index in [4.69, 9.17) is 14.2 Å². The lowest BCUT2D eigenvalue weighted by atomic mass is 10.0. The summed E-state index contributed by atoms with van der Waals surface area (Å²) < 4.78 is 15.9. The highest BCUT2D eigenvalue weighted by atomic mass is 16.5. The zero-order chi connectivity index (χ0) is 22.4. The third kappa shape index (κ3) is 11.6. The van der Waals surface area contributed by atoms with Crippen molar-refractivity contribution >= 4 is 17.7 Å². The van der Waals surface area contributed by atoms with Crippen LogP contribution in [0.4, 0.5) is 0 Å². The van der Waals surface area contributed by atoms with E-state index < -0.39 is 5.97 Å². The van der Waals surface area contributed by atoms with Crippen molar-refractivity contribution in [1.29, 1.82) is 0 Å². The van der Waals surface area contributed by atoms with Gasteiger partial charge < -0.3 is 14.2 Å². The van der Waals surface area contributed by atoms with Crippen LogP contribution in [0.5, 0.6) is 11.5 Å². The fourth-order valence-corrected chi connectivity index (χ4v) is 3.36. The number of unbranched alkanes of at least 4 members (excludes halogenated alkanes) is 4. The van der Waals surface area contributed by atoms with Crippen molar-refractivity contribution in [2.45, 2.75) is 91.1 Å². The predicted molar refractivity (Wildman–Crippen MR) is 116 cm³/mol. The van der Waals surface area contributed by atoms with Gasteiger partial charge in [0.2, 0.25) is 0 Å². The van der Waals surface area contributed by atoms with E-state index in [0.29, 0.717) is 43.0 Å². The lowest BCUT2D eigenvalue weighted by Gasteiger charge is -2.18. The lowest BCUT2D eigenvalue weighted by molar-refractivity contribution is -0.146. The predicted octanol–water partition coefficient (Wildman–Crippen LogP) is 5.19. The molecule has 6 heteroatoms. The first-order chi connectivity index (χ1) is 14.3. The molecule has 168 valence electrons. The molecule has 30 heavy (non-hydrogen) atoms. The SMILES string of the molecule is CCCCCC(=O)CCCCC[C@H](Cc1cc(OC)cc(OC(C)=O)c1)OC(C)=O. The van der Waals surface area contributed by atoms with Crippen molar-refractivity contribution in [3.63, 3.8) is 0 Å². The summed E-state index contributed by atoms with van der Waals surface area (Å²) >= 11 is 0. The zero-order valence-electron chi connectivity index (χ0n) is 18.8. The van der Waals surface area contributed by atoms with E-state index in [1.54, 1.807) is 19.2 Å². The molecule has 0 aliphatic rings. The van der Waals surface area contributed by atoms with Gasteiger partial charge in [-0.15, -0.1) is 0 Å². The number of carbonyl (C=O) groups is 3. The first kappa shape index (κ1) is 25.7. The smallest absolute Gasteiger partial charge is 0.308 e. The van der Waals surface area contributed by atoms with Crippen molar-refractivity contribution in [3.8, 4) is 11.5 Å². The Hall–Kier alpha value is -2.37. The highest BCUT2D eigenvalue weighted by molar-refractivity contribution is 5.78. The number of ether oxygens (including phenoxy) is 3. The van der Waals surface area contributed by atoms with Gasteiger partial charge in [0.1, 0.15) is 23.4 Å². The molecule has 0 aliphatic heterocycles. The van der Waals surface area contributed by atoms with Crippen molar-refractivity contribution in [1.82, 2.24) is 0 Å². The Morgan fingerprint density at radius 2 is 1.53 bits per heavy atom. The molecule has 0 bridgehead atoms. The topological polar surface area (TPSA) is 78.9 Å². The van der Waals surface area contributed by atoms with E-state index in [0.717, 1.165) is 44.1 Å². The van der Waals surface area contributed by atoms with Crippen molar-refractivity contribution < 1.29 is 28.6 Å². The molecule has 6 nitrogen and oxygen atoms in total. The first-order valence-electron chi connectivity index (χ1n) is 10.9. The highest BCUT2D eigenvalue weighted by Crippen LogP contribution is 2.25. The van der Waals surface area contributed by atoms with Crippen LogP contribution in [0.1, 0.15) is 84.1 Å². The molecule has 0 amide bonds. The minimum atomic E-state index is -0.407. The van der Waals surface area contributed by atoms with Crippen molar-refractivity contribution in [2.75, 3.05) is 7.11 Å². The molecule has 0 unspecified atom stereocenters. The Labute approximate surface area is 180 Å². The number of ketones is 1. The second-order valence-corrected chi connectivity index (χ2v) is 7.64. The summed E-state index contributed by atoms with van der Waals surface area (Å²) in [6.07, 6.45) is 8.14. The summed E-state index contributed by atoms with van der Waals surface area (Å²) in [5.41, 5.74) is 0.864. The van der Waals surface area contributed by atoms with Crippen LogP contribution in [0.25, 0.3) is 0 Å². The van der Waals surface area contributed by atoms with E-state index in [2.05, 4.69) is 6.92 Å². The van der Waals surface area contributed by atoms with Gasteiger partial charge in [0, 0.05) is 39.2 Å². The number of carbonyl (C=O) groups excluding carboxylic acids is 3. The molecule has 0 fully saturated rings. The summed E-state index contributed by atoms with van der Waals surface area (Å²) in [6, 6.07) is 5.25. The molecule has 1 aromatic rings. The van der Waals surface area contributed by atoms with Gasteiger partial charge in [-0.05, 0) is 43.4 Å². The molecule has 0 heterocycles. The second kappa shape index (κ2) is 14.6. The van der Waals surface area contributed by atoms with Crippen LogP contribution in [0.3, 0.4) is 0 Å². The summed E-state index contributed by atoms with van der Waals surface area (Å²) in [5.74, 6) is 0.588. The van der Waals surface area contributed by atoms with Crippen molar-refractivity contribution in [2.24, 2.45) is 0 Å². The lowest BCUT2D eigenvalue weighted by Crippen LogP contribution is -2.19. The van der Waals surface area contributed by atoms with Gasteiger partial charge in [-0.2, -0.15) is 0 Å². The zero-order valence-corrected chi connectivity index (χ0v) is 18.8. The maximum Gasteiger partial charge on any atom is 0.308 e. The summed E-state index contributed by atoms with van der Waals surface area (Å²) in [7, 11) is 1.55. The Morgan fingerprint density at radius 1 is 0.867 bits per heavy atom. The number of rotatable bonds is 15. The average molecular weight is 421 g/mol. The largest absolute Gasteiger partial charge is 0.497 e. The quantitative estimate of drug-likeness (QED) is 0.221. The maximum absolute atomic E-state index is 11.9. The molecule has 0 saturated carbocycles. The van der Waals surface area contributed by atoms with Crippen LogP contribution in [0, 0.1) is 0 Å². The Kier molecular flexibility index (Phi) is 12.5. The minimum absolute atomic E-state index is 0.278. The average Bonchev–Trinajstić information content (AvgIpc) is 2.66. The number of Topliss-reactive ketones (excluding diaryl/α,β-unsaturated/α-hetero) is 1. The Morgan fingerprint density at radius 3 is 2.13 bits per heavy atom. The molecule has 1 rings (SSSR count). The number of hydrogen-bond donors (Lipinski definition) is 0. The van der Waals surface area contributed by atoms with Gasteiger partial charge in [-0.3, -0.25) is 14.4 Å². The molecule has 1 atom stereocenters. The van der Waals surface area contributed by atoms with Gasteiger partial charge in [-0.25, -0.2) is 0 Å². The minimum Gasteiger partial charge on any atom is -0.497 e. The van der Waals surface area contributed by atoms with Crippen LogP contribution in [0.15, 0.2) is 18.2 Å². The highest BCUT2D eigenvalue weighted by Gasteiger charge is 2.15. The first-order valence-corrected chi connectivity index (χ1v) is 10.9. The van der Waals surface area contributed by atoms with Gasteiger partial charge in [0.25, 0.3) is 0 Å². The van der Waals surface area contributed by atoms with Crippen LogP contribution < -0.4 is 9.47 Å². The molecule has 0 N–H and O–H groups in total. The van der Waals surface area contributed by atoms with E-state index in [1.807, 2.05) is 6.07 Å². The molecule has 0 aromatic heterocycles. The molecular formula is C24H36O6. The van der Waals surface area contributed by atoms with Crippen LogP contribution in [-0.4, -0.2) is 30.9 Å². The summed E-state index contributed by atoms with van der Waals surface area (Å²) in [5, 5.41) is 0. The molecule has 1 aromatic carbocycles. The van der Waals surface area contributed by atoms with Crippen molar-refractivity contribution in [3.05, 3.63) is 23.8 Å². The number of hydrogen-bond acceptors (Lipinski definition) is 6. The monoisotopic (exact) mass is 420 g/mol. The summed E-state index contributed by atoms with van der Waals surface area (Å²) in [4.78, 5) is 34.6.